The van der Waals surface area contributed by atoms with Crippen LogP contribution in [-0.4, -0.2) is 16.4 Å². The van der Waals surface area contributed by atoms with Crippen molar-refractivity contribution in [1.82, 2.24) is 0 Å². The quantitative estimate of drug-likeness (QED) is 0.218. The first-order valence-electron chi connectivity index (χ1n) is 0.816. The molecule has 3 nitrogen and oxygen atoms in total. The molecule has 0 bridgehead atoms. The van der Waals surface area contributed by atoms with Crippen LogP contribution in [0.2, 0.25) is 0 Å². The summed E-state index contributed by atoms with van der Waals surface area (Å²) in [6.45, 7) is 6.50. The minimum absolute atomic E-state index is 0. The molecule has 4 heteroatoms. The van der Waals surface area contributed by atoms with Gasteiger partial charge in [-0.2, -0.15) is 0 Å². The molecular formula is C3H11LiO3. The molecule has 0 spiro atoms. The van der Waals surface area contributed by atoms with Crippen molar-refractivity contribution in [2.45, 2.75) is 0 Å². The third-order valence-electron chi connectivity index (χ3n) is 0. The number of allylic oxidation sites excluding steroid dienone is 1. The van der Waals surface area contributed by atoms with E-state index in [-0.39, 0.29) is 35.3 Å². The third-order valence-corrected chi connectivity index (χ3v) is 0. The molecule has 6 N–H and O–H groups in total. The average Bonchev–Trinajstić information content (AvgIpc) is 0.918. The van der Waals surface area contributed by atoms with E-state index in [1.807, 2.05) is 0 Å². The Hall–Kier alpha value is 0.0874. The summed E-state index contributed by atoms with van der Waals surface area (Å²) in [6, 6.07) is 0. The number of rotatable bonds is 0. The summed E-state index contributed by atoms with van der Waals surface area (Å²) in [4.78, 5) is 0. The van der Waals surface area contributed by atoms with Crippen LogP contribution in [0.1, 0.15) is 0 Å². The molecule has 0 heterocycles. The Morgan fingerprint density at radius 2 is 1.14 bits per heavy atom. The second kappa shape index (κ2) is 133. The Kier molecular flexibility index (Phi) is 1150. The first kappa shape index (κ1) is 60.3. The molecule has 0 aromatic heterocycles. The Balaban J connectivity index is -0.00000000333. The van der Waals surface area contributed by atoms with E-state index in [9.17, 15) is 0 Å². The monoisotopic (exact) mass is 102 g/mol. The summed E-state index contributed by atoms with van der Waals surface area (Å²) in [6.07, 6.45) is 1.50. The molecular weight excluding hydrogens is 91.0 g/mol. The van der Waals surface area contributed by atoms with Crippen LogP contribution in [0, 0.1) is 6.92 Å². The molecule has 0 aromatic rings. The van der Waals surface area contributed by atoms with Crippen LogP contribution >= 0.6 is 0 Å². The van der Waals surface area contributed by atoms with E-state index < -0.39 is 0 Å². The summed E-state index contributed by atoms with van der Waals surface area (Å²) in [5.41, 5.74) is 0. The van der Waals surface area contributed by atoms with Crippen molar-refractivity contribution in [2.75, 3.05) is 0 Å². The van der Waals surface area contributed by atoms with E-state index in [0.29, 0.717) is 0 Å². The van der Waals surface area contributed by atoms with Crippen LogP contribution in [-0.2, 0) is 0 Å². The van der Waals surface area contributed by atoms with Gasteiger partial charge in [0.15, 0.2) is 0 Å². The van der Waals surface area contributed by atoms with E-state index in [2.05, 4.69) is 13.5 Å². The minimum Gasteiger partial charge on any atom is -0.412 e. The van der Waals surface area contributed by atoms with Crippen molar-refractivity contribution in [1.29, 1.82) is 0 Å². The van der Waals surface area contributed by atoms with Crippen LogP contribution in [0.4, 0.5) is 0 Å². The van der Waals surface area contributed by atoms with Gasteiger partial charge >= 0.3 is 18.9 Å². The molecule has 0 fully saturated rings. The standard InChI is InChI=1S/C3H5.Li.3H2O/c1-3-2;;;;/h3H,1-2H2;;3*1H2/q-1;+1;;;. The molecule has 0 amide bonds. The molecule has 0 aliphatic rings. The van der Waals surface area contributed by atoms with E-state index in [1.54, 1.807) is 0 Å². The molecule has 42 valence electrons. The van der Waals surface area contributed by atoms with Crippen molar-refractivity contribution < 1.29 is 35.3 Å². The van der Waals surface area contributed by atoms with Gasteiger partial charge in [-0.3, -0.25) is 0 Å². The maximum absolute atomic E-state index is 3.25. The zero-order chi connectivity index (χ0) is 2.71. The predicted octanol–water partition coefficient (Wildman–Crippen LogP) is -4.46. The van der Waals surface area contributed by atoms with Gasteiger partial charge in [-0.05, 0) is 0 Å². The molecule has 7 heavy (non-hydrogen) atoms. The summed E-state index contributed by atoms with van der Waals surface area (Å²) >= 11 is 0. The van der Waals surface area contributed by atoms with Crippen LogP contribution in [0.15, 0.2) is 12.7 Å². The Labute approximate surface area is 55.5 Å². The SMILES string of the molecule is C=C[CH2-].O.O.O.[Li+]. The van der Waals surface area contributed by atoms with Gasteiger partial charge in [-0.25, -0.2) is 19.6 Å². The van der Waals surface area contributed by atoms with Crippen LogP contribution in [0.25, 0.3) is 0 Å². The first-order valence-corrected chi connectivity index (χ1v) is 0.816. The Morgan fingerprint density at radius 1 is 1.14 bits per heavy atom. The van der Waals surface area contributed by atoms with Gasteiger partial charge < -0.3 is 16.4 Å². The van der Waals surface area contributed by atoms with Crippen molar-refractivity contribution in [3.05, 3.63) is 19.6 Å². The average molecular weight is 102 g/mol. The summed E-state index contributed by atoms with van der Waals surface area (Å²) in [5, 5.41) is 0. The van der Waals surface area contributed by atoms with Crippen molar-refractivity contribution in [3.63, 3.8) is 0 Å². The van der Waals surface area contributed by atoms with Gasteiger partial charge in [0.25, 0.3) is 0 Å². The normalized spacial score (nSPS) is 1.71. The number of hydrogen-bond acceptors (Lipinski definition) is 0. The molecule has 0 unspecified atom stereocenters. The van der Waals surface area contributed by atoms with Gasteiger partial charge in [0, 0.05) is 0 Å². The maximum Gasteiger partial charge on any atom is 1.00 e. The van der Waals surface area contributed by atoms with Gasteiger partial charge in [0.1, 0.15) is 0 Å². The molecule has 0 rings (SSSR count). The third kappa shape index (κ3) is 13300. The van der Waals surface area contributed by atoms with Crippen molar-refractivity contribution in [2.24, 2.45) is 0 Å². The zero-order valence-electron chi connectivity index (χ0n) is 4.49. The largest absolute Gasteiger partial charge is 1.00 e. The molecule has 0 saturated heterocycles. The van der Waals surface area contributed by atoms with Gasteiger partial charge in [-0.15, -0.1) is 0 Å². The summed E-state index contributed by atoms with van der Waals surface area (Å²) < 4.78 is 0. The Bertz CT molecular complexity index is 17.7. The maximum atomic E-state index is 3.25. The fourth-order valence-electron chi connectivity index (χ4n) is 0. The van der Waals surface area contributed by atoms with E-state index in [4.69, 9.17) is 0 Å². The van der Waals surface area contributed by atoms with E-state index >= 15 is 0 Å². The van der Waals surface area contributed by atoms with Gasteiger partial charge in [-0.1, -0.05) is 0 Å². The molecule has 0 atom stereocenters. The fraction of sp³-hybridized carbons (Fsp3) is 0. The van der Waals surface area contributed by atoms with Crippen LogP contribution in [0.3, 0.4) is 0 Å². The first-order chi connectivity index (χ1) is 1.41. The molecule has 0 aliphatic heterocycles. The summed E-state index contributed by atoms with van der Waals surface area (Å²) in [5.74, 6) is 0. The second-order valence-electron chi connectivity index (χ2n) is 0.289. The number of hydrogen-bond donors (Lipinski definition) is 0. The van der Waals surface area contributed by atoms with Crippen LogP contribution in [0.5, 0.6) is 0 Å². The van der Waals surface area contributed by atoms with Crippen LogP contribution < -0.4 is 18.9 Å². The van der Waals surface area contributed by atoms with E-state index in [0.717, 1.165) is 0 Å². The van der Waals surface area contributed by atoms with Crippen molar-refractivity contribution in [3.8, 4) is 0 Å². The molecule has 0 aliphatic carbocycles. The van der Waals surface area contributed by atoms with Gasteiger partial charge in [0.2, 0.25) is 0 Å². The molecule has 0 aromatic carbocycles. The van der Waals surface area contributed by atoms with Crippen molar-refractivity contribution >= 4 is 0 Å². The topological polar surface area (TPSA) is 94.5 Å². The smallest absolute Gasteiger partial charge is 0.412 e. The minimum atomic E-state index is 0. The zero-order valence-corrected chi connectivity index (χ0v) is 4.49. The molecule has 0 radical (unpaired) electrons. The predicted molar refractivity (Wildman–Crippen MR) is 26.4 cm³/mol. The fourth-order valence-corrected chi connectivity index (χ4v) is 0. The second-order valence-corrected chi connectivity index (χ2v) is 0.289. The Morgan fingerprint density at radius 3 is 1.14 bits per heavy atom. The van der Waals surface area contributed by atoms with E-state index in [1.165, 1.54) is 6.08 Å². The summed E-state index contributed by atoms with van der Waals surface area (Å²) in [7, 11) is 0. The molecule has 0 saturated carbocycles. The van der Waals surface area contributed by atoms with Gasteiger partial charge in [0.05, 0.1) is 0 Å².